The minimum atomic E-state index is -4.42. The van der Waals surface area contributed by atoms with E-state index >= 15 is 0 Å². The first-order valence-corrected chi connectivity index (χ1v) is 7.07. The number of rotatable bonds is 0. The molecule has 0 unspecified atom stereocenters. The molecule has 0 saturated carbocycles. The summed E-state index contributed by atoms with van der Waals surface area (Å²) < 4.78 is -4.42. The summed E-state index contributed by atoms with van der Waals surface area (Å²) in [7, 11) is 0. The standard InChI is InChI=1S/Br2H3O3P/c1-6(2,3,4)5/h3-5H. The molecule has 0 fully saturated rings. The van der Waals surface area contributed by atoms with E-state index in [0.717, 1.165) is 0 Å². The molecule has 0 saturated heterocycles. The van der Waals surface area contributed by atoms with E-state index in [2.05, 4.69) is 31.0 Å². The van der Waals surface area contributed by atoms with Crippen LogP contribution in [-0.4, -0.2) is 14.7 Å². The Hall–Kier alpha value is 1.27. The summed E-state index contributed by atoms with van der Waals surface area (Å²) in [5, 5.41) is 0. The Balaban J connectivity index is 3.73. The zero-order chi connectivity index (χ0) is 5.45. The summed E-state index contributed by atoms with van der Waals surface area (Å²) >= 11 is 4.39. The predicted octanol–water partition coefficient (Wildman–Crippen LogP) is 0.881. The van der Waals surface area contributed by atoms with Crippen LogP contribution >= 0.6 is 35.7 Å². The molecule has 0 bridgehead atoms. The number of hydrogen-bond donors (Lipinski definition) is 3. The summed E-state index contributed by atoms with van der Waals surface area (Å²) in [5.41, 5.74) is 0. The molecule has 0 amide bonds. The molecule has 0 heterocycles. The fraction of sp³-hybridized carbons (Fsp3) is 0. The monoisotopic (exact) mass is 240 g/mol. The zero-order valence-electron chi connectivity index (χ0n) is 2.54. The van der Waals surface area contributed by atoms with Gasteiger partial charge in [0.15, 0.2) is 0 Å². The quantitative estimate of drug-likeness (QED) is 0.552. The molecule has 0 aliphatic heterocycles. The fourth-order valence-corrected chi connectivity index (χ4v) is 0. The van der Waals surface area contributed by atoms with Gasteiger partial charge in [0.1, 0.15) is 0 Å². The molecule has 3 nitrogen and oxygen atoms in total. The van der Waals surface area contributed by atoms with Crippen LogP contribution in [0, 0.1) is 0 Å². The van der Waals surface area contributed by atoms with Gasteiger partial charge >= 0.3 is 50.3 Å². The van der Waals surface area contributed by atoms with Gasteiger partial charge in [-0.2, -0.15) is 0 Å². The zero-order valence-corrected chi connectivity index (χ0v) is 6.61. The Bertz CT molecular complexity index is 42.0. The van der Waals surface area contributed by atoms with E-state index in [1.54, 1.807) is 0 Å². The van der Waals surface area contributed by atoms with Crippen molar-refractivity contribution in [1.82, 2.24) is 0 Å². The topological polar surface area (TPSA) is 60.7 Å². The van der Waals surface area contributed by atoms with Crippen LogP contribution in [0.15, 0.2) is 0 Å². The Morgan fingerprint density at radius 1 is 1.00 bits per heavy atom. The number of hydrogen-bond acceptors (Lipinski definition) is 3. The summed E-state index contributed by atoms with van der Waals surface area (Å²) in [4.78, 5) is 24.2. The normalized spacial score (nSPS) is 19.2. The van der Waals surface area contributed by atoms with E-state index < -0.39 is 4.69 Å². The van der Waals surface area contributed by atoms with Gasteiger partial charge in [0.2, 0.25) is 0 Å². The second-order valence-electron chi connectivity index (χ2n) is 0.786. The van der Waals surface area contributed by atoms with Crippen LogP contribution < -0.4 is 0 Å². The minimum absolute atomic E-state index is 2.19. The maximum absolute atomic E-state index is 8.06. The van der Waals surface area contributed by atoms with Crippen molar-refractivity contribution in [2.45, 2.75) is 0 Å². The Labute approximate surface area is 50.6 Å². The van der Waals surface area contributed by atoms with Crippen LogP contribution in [0.4, 0.5) is 0 Å². The van der Waals surface area contributed by atoms with Crippen molar-refractivity contribution in [3.8, 4) is 0 Å². The van der Waals surface area contributed by atoms with E-state index in [0.29, 0.717) is 0 Å². The van der Waals surface area contributed by atoms with Crippen molar-refractivity contribution < 1.29 is 14.7 Å². The van der Waals surface area contributed by atoms with Gasteiger partial charge in [0, 0.05) is 0 Å². The van der Waals surface area contributed by atoms with Crippen LogP contribution in [0.25, 0.3) is 0 Å². The Morgan fingerprint density at radius 2 is 1.00 bits per heavy atom. The molecule has 0 aliphatic rings. The molecule has 0 aromatic carbocycles. The van der Waals surface area contributed by atoms with Gasteiger partial charge in [0.25, 0.3) is 0 Å². The van der Waals surface area contributed by atoms with Gasteiger partial charge in [-0.15, -0.1) is 0 Å². The average molecular weight is 242 g/mol. The van der Waals surface area contributed by atoms with Crippen molar-refractivity contribution >= 4 is 35.7 Å². The fourth-order valence-electron chi connectivity index (χ4n) is 0. The first-order chi connectivity index (χ1) is 2.24. The van der Waals surface area contributed by atoms with E-state index in [1.807, 2.05) is 0 Å². The second kappa shape index (κ2) is 1.37. The van der Waals surface area contributed by atoms with Crippen molar-refractivity contribution in [3.63, 3.8) is 0 Å². The SMILES string of the molecule is OP(O)(O)(Br)Br. The maximum atomic E-state index is 8.06. The third kappa shape index (κ3) is 59.6. The van der Waals surface area contributed by atoms with Gasteiger partial charge in [-0.05, 0) is 0 Å². The summed E-state index contributed by atoms with van der Waals surface area (Å²) in [6.07, 6.45) is 0. The Kier molecular flexibility index (Phi) is 1.66. The average Bonchev–Trinajstić information content (AvgIpc) is 0.650. The van der Waals surface area contributed by atoms with Gasteiger partial charge < -0.3 is 0 Å². The number of halogens is 2. The molecule has 0 aromatic rings. The first-order valence-electron chi connectivity index (χ1n) is 0.938. The van der Waals surface area contributed by atoms with Crippen LogP contribution in [0.2, 0.25) is 0 Å². The molecule has 0 radical (unpaired) electrons. The van der Waals surface area contributed by atoms with Crippen LogP contribution in [0.5, 0.6) is 0 Å². The molecule has 0 aromatic heterocycles. The van der Waals surface area contributed by atoms with E-state index in [9.17, 15) is 0 Å². The van der Waals surface area contributed by atoms with E-state index in [-0.39, 0.29) is 0 Å². The molecular weight excluding hydrogens is 239 g/mol. The van der Waals surface area contributed by atoms with Gasteiger partial charge in [-0.25, -0.2) is 0 Å². The molecule has 0 spiro atoms. The molecule has 0 rings (SSSR count). The van der Waals surface area contributed by atoms with Crippen molar-refractivity contribution in [2.24, 2.45) is 0 Å². The molecule has 40 valence electrons. The molecule has 6 heteroatoms. The molecule has 3 N–H and O–H groups in total. The Morgan fingerprint density at radius 3 is 1.00 bits per heavy atom. The predicted molar refractivity (Wildman–Crippen MR) is 31.4 cm³/mol. The molecule has 0 atom stereocenters. The summed E-state index contributed by atoms with van der Waals surface area (Å²) in [5.74, 6) is 0. The third-order valence-corrected chi connectivity index (χ3v) is 0. The van der Waals surface area contributed by atoms with Gasteiger partial charge in [-0.3, -0.25) is 0 Å². The third-order valence-electron chi connectivity index (χ3n) is 0. The van der Waals surface area contributed by atoms with Crippen LogP contribution in [0.3, 0.4) is 0 Å². The van der Waals surface area contributed by atoms with E-state index in [4.69, 9.17) is 14.7 Å². The first kappa shape index (κ1) is 7.27. The van der Waals surface area contributed by atoms with Crippen molar-refractivity contribution in [2.75, 3.05) is 0 Å². The van der Waals surface area contributed by atoms with Crippen LogP contribution in [0.1, 0.15) is 0 Å². The summed E-state index contributed by atoms with van der Waals surface area (Å²) in [6, 6.07) is 0. The summed E-state index contributed by atoms with van der Waals surface area (Å²) in [6.45, 7) is 0. The molecule has 0 aliphatic carbocycles. The van der Waals surface area contributed by atoms with Gasteiger partial charge in [0.05, 0.1) is 0 Å². The van der Waals surface area contributed by atoms with Crippen LogP contribution in [-0.2, 0) is 0 Å². The van der Waals surface area contributed by atoms with Gasteiger partial charge in [-0.1, -0.05) is 0 Å². The van der Waals surface area contributed by atoms with Crippen molar-refractivity contribution in [1.29, 1.82) is 0 Å². The molecule has 6 heavy (non-hydrogen) atoms. The van der Waals surface area contributed by atoms with Crippen molar-refractivity contribution in [3.05, 3.63) is 0 Å². The van der Waals surface area contributed by atoms with E-state index in [1.165, 1.54) is 0 Å². The second-order valence-corrected chi connectivity index (χ2v) is 13.1. The molecular formula is H3Br2O3P.